The minimum Gasteiger partial charge on any atom is -0.477 e. The number of nitrogens with one attached hydrogen (secondary N) is 1. The van der Waals surface area contributed by atoms with E-state index >= 15 is 0 Å². The molecule has 4 rings (SSSR count). The van der Waals surface area contributed by atoms with E-state index in [1.807, 2.05) is 4.57 Å². The van der Waals surface area contributed by atoms with Gasteiger partial charge in [-0.25, -0.2) is 9.18 Å². The first kappa shape index (κ1) is 15.1. The van der Waals surface area contributed by atoms with E-state index in [2.05, 4.69) is 5.32 Å². The lowest BCUT2D eigenvalue weighted by molar-refractivity contribution is 0.0695. The molecule has 2 aromatic rings. The van der Waals surface area contributed by atoms with Crippen LogP contribution in [0.2, 0.25) is 0 Å². The summed E-state index contributed by atoms with van der Waals surface area (Å²) in [5.74, 6) is -1.22. The number of benzene rings is 1. The molecule has 6 nitrogen and oxygen atoms in total. The molecule has 2 aliphatic rings. The number of carbonyl (C=O) groups is 1. The van der Waals surface area contributed by atoms with Crippen LogP contribution < -0.4 is 15.6 Å². The summed E-state index contributed by atoms with van der Waals surface area (Å²) < 4.78 is 16.0. The summed E-state index contributed by atoms with van der Waals surface area (Å²) in [6.07, 6.45) is 2.23. The van der Waals surface area contributed by atoms with Gasteiger partial charge in [-0.15, -0.1) is 0 Å². The van der Waals surface area contributed by atoms with Gasteiger partial charge >= 0.3 is 5.97 Å². The van der Waals surface area contributed by atoms with E-state index in [0.29, 0.717) is 29.7 Å². The molecule has 2 N–H and O–H groups in total. The molecular formula is C17H18FN3O3. The molecule has 1 saturated heterocycles. The van der Waals surface area contributed by atoms with Crippen molar-refractivity contribution in [1.29, 1.82) is 0 Å². The number of nitrogens with zero attached hydrogens (tertiary/aromatic N) is 2. The topological polar surface area (TPSA) is 74.6 Å². The summed E-state index contributed by atoms with van der Waals surface area (Å²) in [4.78, 5) is 25.4. The number of carboxylic acids is 1. The molecule has 7 heteroatoms. The standard InChI is InChI=1S/C17H18FN3O3/c18-15-8-19-5-6-20(15)11-3-4-12-14(7-11)21(10-1-2-10)9-13(16(12)22)17(23)24/h3-4,7,9-10,15,19H,1-2,5-6,8H2,(H,23,24). The molecule has 24 heavy (non-hydrogen) atoms. The molecule has 0 bridgehead atoms. The Bertz CT molecular complexity index is 875. The van der Waals surface area contributed by atoms with E-state index in [9.17, 15) is 19.1 Å². The number of halogens is 1. The van der Waals surface area contributed by atoms with E-state index in [1.54, 1.807) is 23.1 Å². The number of alkyl halides is 1. The SMILES string of the molecule is O=C(O)c1cn(C2CC2)c2cc(N3CCNCC3F)ccc2c1=O. The molecule has 0 radical (unpaired) electrons. The van der Waals surface area contributed by atoms with Crippen molar-refractivity contribution in [3.8, 4) is 0 Å². The maximum atomic E-state index is 14.2. The van der Waals surface area contributed by atoms with Crippen LogP contribution in [0.25, 0.3) is 10.9 Å². The normalized spacial score (nSPS) is 21.2. The van der Waals surface area contributed by atoms with Crippen LogP contribution in [-0.4, -0.2) is 41.6 Å². The lowest BCUT2D eigenvalue weighted by Crippen LogP contribution is -2.49. The Labute approximate surface area is 137 Å². The van der Waals surface area contributed by atoms with Crippen molar-refractivity contribution in [3.05, 3.63) is 40.2 Å². The summed E-state index contributed by atoms with van der Waals surface area (Å²) in [6, 6.07) is 5.33. The molecule has 2 fully saturated rings. The fraction of sp³-hybridized carbons (Fsp3) is 0.412. The number of hydrogen-bond acceptors (Lipinski definition) is 4. The predicted molar refractivity (Wildman–Crippen MR) is 88.6 cm³/mol. The Morgan fingerprint density at radius 1 is 1.33 bits per heavy atom. The van der Waals surface area contributed by atoms with Gasteiger partial charge in [-0.05, 0) is 31.0 Å². The van der Waals surface area contributed by atoms with Crippen LogP contribution in [0.15, 0.2) is 29.2 Å². The number of anilines is 1. The number of fused-ring (bicyclic) bond motifs is 1. The van der Waals surface area contributed by atoms with Crippen molar-refractivity contribution >= 4 is 22.6 Å². The van der Waals surface area contributed by atoms with Crippen LogP contribution in [0.3, 0.4) is 0 Å². The Morgan fingerprint density at radius 3 is 2.79 bits per heavy atom. The molecule has 1 aliphatic carbocycles. The van der Waals surface area contributed by atoms with Crippen molar-refractivity contribution in [2.75, 3.05) is 24.5 Å². The number of aromatic nitrogens is 1. The zero-order valence-corrected chi connectivity index (χ0v) is 13.0. The second-order valence-corrected chi connectivity index (χ2v) is 6.35. The van der Waals surface area contributed by atoms with E-state index in [-0.39, 0.29) is 18.2 Å². The first-order valence-corrected chi connectivity index (χ1v) is 8.10. The lowest BCUT2D eigenvalue weighted by Gasteiger charge is -2.33. The highest BCUT2D eigenvalue weighted by molar-refractivity contribution is 5.93. The van der Waals surface area contributed by atoms with Crippen molar-refractivity contribution in [1.82, 2.24) is 9.88 Å². The summed E-state index contributed by atoms with van der Waals surface area (Å²) in [6.45, 7) is 1.52. The molecule has 0 amide bonds. The summed E-state index contributed by atoms with van der Waals surface area (Å²) >= 11 is 0. The highest BCUT2D eigenvalue weighted by atomic mass is 19.1. The Balaban J connectivity index is 1.89. The van der Waals surface area contributed by atoms with Gasteiger partial charge in [-0.3, -0.25) is 4.79 Å². The molecular weight excluding hydrogens is 313 g/mol. The van der Waals surface area contributed by atoms with E-state index in [1.165, 1.54) is 6.20 Å². The molecule has 1 aromatic carbocycles. The number of aromatic carboxylic acids is 1. The Hall–Kier alpha value is -2.41. The van der Waals surface area contributed by atoms with Crippen LogP contribution >= 0.6 is 0 Å². The Morgan fingerprint density at radius 2 is 2.12 bits per heavy atom. The summed E-state index contributed by atoms with van der Waals surface area (Å²) in [7, 11) is 0. The van der Waals surface area contributed by atoms with Crippen molar-refractivity contribution < 1.29 is 14.3 Å². The maximum Gasteiger partial charge on any atom is 0.341 e. The third-order valence-electron chi connectivity index (χ3n) is 4.70. The highest BCUT2D eigenvalue weighted by Crippen LogP contribution is 2.37. The van der Waals surface area contributed by atoms with Crippen molar-refractivity contribution in [2.24, 2.45) is 0 Å². The van der Waals surface area contributed by atoms with Gasteiger partial charge in [0.1, 0.15) is 5.56 Å². The summed E-state index contributed by atoms with van der Waals surface area (Å²) in [5.41, 5.74) is 0.690. The van der Waals surface area contributed by atoms with Crippen LogP contribution in [0.4, 0.5) is 10.1 Å². The van der Waals surface area contributed by atoms with Gasteiger partial charge in [0.25, 0.3) is 0 Å². The smallest absolute Gasteiger partial charge is 0.341 e. The molecule has 1 aliphatic heterocycles. The van der Waals surface area contributed by atoms with Crippen molar-refractivity contribution in [2.45, 2.75) is 25.2 Å². The van der Waals surface area contributed by atoms with Crippen LogP contribution in [0, 0.1) is 0 Å². The van der Waals surface area contributed by atoms with E-state index in [4.69, 9.17) is 0 Å². The minimum absolute atomic E-state index is 0.214. The largest absolute Gasteiger partial charge is 0.477 e. The number of rotatable bonds is 3. The third kappa shape index (κ3) is 2.45. The van der Waals surface area contributed by atoms with Gasteiger partial charge in [0.2, 0.25) is 5.43 Å². The fourth-order valence-electron chi connectivity index (χ4n) is 3.29. The third-order valence-corrected chi connectivity index (χ3v) is 4.70. The van der Waals surface area contributed by atoms with Gasteiger partial charge in [0, 0.05) is 42.9 Å². The lowest BCUT2D eigenvalue weighted by atomic mass is 10.1. The number of pyridine rings is 1. The van der Waals surface area contributed by atoms with Gasteiger partial charge in [-0.2, -0.15) is 0 Å². The molecule has 1 aromatic heterocycles. The molecule has 0 spiro atoms. The molecule has 2 heterocycles. The van der Waals surface area contributed by atoms with E-state index < -0.39 is 17.7 Å². The summed E-state index contributed by atoms with van der Waals surface area (Å²) in [5, 5.41) is 12.6. The second-order valence-electron chi connectivity index (χ2n) is 6.35. The quantitative estimate of drug-likeness (QED) is 0.838. The number of piperazine rings is 1. The highest BCUT2D eigenvalue weighted by Gasteiger charge is 2.28. The average molecular weight is 331 g/mol. The molecule has 1 unspecified atom stereocenters. The maximum absolute atomic E-state index is 14.2. The first-order valence-electron chi connectivity index (χ1n) is 8.10. The first-order chi connectivity index (χ1) is 11.6. The van der Waals surface area contributed by atoms with Gasteiger partial charge in [0.05, 0.1) is 5.52 Å². The second kappa shape index (κ2) is 5.59. The predicted octanol–water partition coefficient (Wildman–Crippen LogP) is 1.74. The zero-order valence-electron chi connectivity index (χ0n) is 13.0. The Kier molecular flexibility index (Phi) is 3.53. The van der Waals surface area contributed by atoms with Gasteiger partial charge < -0.3 is 19.9 Å². The molecule has 1 atom stereocenters. The van der Waals surface area contributed by atoms with Crippen LogP contribution in [0.1, 0.15) is 29.2 Å². The molecule has 1 saturated carbocycles. The number of hydrogen-bond donors (Lipinski definition) is 2. The monoisotopic (exact) mass is 331 g/mol. The van der Waals surface area contributed by atoms with Crippen molar-refractivity contribution in [3.63, 3.8) is 0 Å². The molecule has 126 valence electrons. The average Bonchev–Trinajstić information content (AvgIpc) is 3.40. The minimum atomic E-state index is -1.22. The fourth-order valence-corrected chi connectivity index (χ4v) is 3.29. The van der Waals surface area contributed by atoms with Crippen LogP contribution in [0.5, 0.6) is 0 Å². The van der Waals surface area contributed by atoms with E-state index in [0.717, 1.165) is 12.8 Å². The zero-order chi connectivity index (χ0) is 16.8. The van der Waals surface area contributed by atoms with Gasteiger partial charge in [-0.1, -0.05) is 0 Å². The van der Waals surface area contributed by atoms with Gasteiger partial charge in [0.15, 0.2) is 6.30 Å². The number of carboxylic acid groups (broad SMARTS) is 1. The van der Waals surface area contributed by atoms with Crippen LogP contribution in [-0.2, 0) is 0 Å².